The Labute approximate surface area is 116 Å². The van der Waals surface area contributed by atoms with Crippen LogP contribution in [0.1, 0.15) is 12.5 Å². The predicted molar refractivity (Wildman–Crippen MR) is 78.1 cm³/mol. The molecule has 1 unspecified atom stereocenters. The van der Waals surface area contributed by atoms with Crippen LogP contribution in [0.4, 0.5) is 5.69 Å². The number of rotatable bonds is 2. The summed E-state index contributed by atoms with van der Waals surface area (Å²) in [6.45, 7) is 6.57. The van der Waals surface area contributed by atoms with E-state index in [1.165, 1.54) is 5.56 Å². The molecule has 0 saturated carbocycles. The molecular weight excluding hydrogens is 257 g/mol. The number of nitrogen functional groups attached to an aromatic ring is 1. The van der Waals surface area contributed by atoms with Crippen molar-refractivity contribution in [3.8, 4) is 0 Å². The van der Waals surface area contributed by atoms with E-state index >= 15 is 0 Å². The van der Waals surface area contributed by atoms with Gasteiger partial charge in [0, 0.05) is 37.9 Å². The fourth-order valence-corrected chi connectivity index (χ4v) is 2.04. The third kappa shape index (κ3) is 4.72. The Morgan fingerprint density at radius 2 is 2.18 bits per heavy atom. The SMILES string of the molecule is CC1CNCCN1Cc1cccc(N)c1.Cl.Cl. The molecule has 2 rings (SSSR count). The minimum atomic E-state index is 0. The Morgan fingerprint density at radius 3 is 2.82 bits per heavy atom. The Kier molecular flexibility index (Phi) is 7.55. The van der Waals surface area contributed by atoms with E-state index in [2.05, 4.69) is 29.3 Å². The minimum Gasteiger partial charge on any atom is -0.399 e. The van der Waals surface area contributed by atoms with Gasteiger partial charge >= 0.3 is 0 Å². The first-order chi connectivity index (χ1) is 7.25. The molecule has 3 N–H and O–H groups in total. The molecule has 0 aromatic heterocycles. The number of benzene rings is 1. The highest BCUT2D eigenvalue weighted by molar-refractivity contribution is 5.85. The average molecular weight is 278 g/mol. The third-order valence-electron chi connectivity index (χ3n) is 2.98. The lowest BCUT2D eigenvalue weighted by Gasteiger charge is -2.33. The molecule has 1 heterocycles. The maximum Gasteiger partial charge on any atom is 0.0317 e. The molecule has 0 spiro atoms. The molecule has 17 heavy (non-hydrogen) atoms. The fourth-order valence-electron chi connectivity index (χ4n) is 2.04. The normalized spacial score (nSPS) is 20.2. The van der Waals surface area contributed by atoms with Gasteiger partial charge < -0.3 is 11.1 Å². The van der Waals surface area contributed by atoms with Gasteiger partial charge in [-0.2, -0.15) is 0 Å². The van der Waals surface area contributed by atoms with Gasteiger partial charge in [0.1, 0.15) is 0 Å². The number of halogens is 2. The third-order valence-corrected chi connectivity index (χ3v) is 2.98. The lowest BCUT2D eigenvalue weighted by atomic mass is 10.1. The maximum atomic E-state index is 5.77. The number of nitrogens with zero attached hydrogens (tertiary/aromatic N) is 1. The summed E-state index contributed by atoms with van der Waals surface area (Å²) in [6.07, 6.45) is 0. The van der Waals surface area contributed by atoms with Gasteiger partial charge in [0.05, 0.1) is 0 Å². The summed E-state index contributed by atoms with van der Waals surface area (Å²) in [5.74, 6) is 0. The second-order valence-corrected chi connectivity index (χ2v) is 4.27. The Balaban J connectivity index is 0.00000128. The summed E-state index contributed by atoms with van der Waals surface area (Å²) in [5, 5.41) is 3.40. The van der Waals surface area contributed by atoms with E-state index in [1.54, 1.807) is 0 Å². The first-order valence-electron chi connectivity index (χ1n) is 5.55. The van der Waals surface area contributed by atoms with Crippen LogP contribution in [-0.2, 0) is 6.54 Å². The van der Waals surface area contributed by atoms with Crippen LogP contribution in [0.5, 0.6) is 0 Å². The number of anilines is 1. The van der Waals surface area contributed by atoms with Crippen molar-refractivity contribution in [2.75, 3.05) is 25.4 Å². The van der Waals surface area contributed by atoms with Gasteiger partial charge in [0.15, 0.2) is 0 Å². The van der Waals surface area contributed by atoms with Crippen LogP contribution in [0.15, 0.2) is 24.3 Å². The fraction of sp³-hybridized carbons (Fsp3) is 0.500. The van der Waals surface area contributed by atoms with Gasteiger partial charge in [0.2, 0.25) is 0 Å². The second-order valence-electron chi connectivity index (χ2n) is 4.27. The molecule has 1 aromatic carbocycles. The van der Waals surface area contributed by atoms with Crippen LogP contribution in [-0.4, -0.2) is 30.6 Å². The van der Waals surface area contributed by atoms with Crippen molar-refractivity contribution >= 4 is 30.5 Å². The van der Waals surface area contributed by atoms with Gasteiger partial charge in [0.25, 0.3) is 0 Å². The van der Waals surface area contributed by atoms with E-state index in [0.717, 1.165) is 31.9 Å². The van der Waals surface area contributed by atoms with E-state index in [9.17, 15) is 0 Å². The first kappa shape index (κ1) is 16.5. The highest BCUT2D eigenvalue weighted by Crippen LogP contribution is 2.12. The number of piperazine rings is 1. The van der Waals surface area contributed by atoms with Gasteiger partial charge in [-0.25, -0.2) is 0 Å². The van der Waals surface area contributed by atoms with Crippen LogP contribution in [0, 0.1) is 0 Å². The quantitative estimate of drug-likeness (QED) is 0.812. The minimum absolute atomic E-state index is 0. The van der Waals surface area contributed by atoms with Crippen molar-refractivity contribution in [3.63, 3.8) is 0 Å². The predicted octanol–water partition coefficient (Wildman–Crippen LogP) is 1.91. The number of hydrogen-bond acceptors (Lipinski definition) is 3. The highest BCUT2D eigenvalue weighted by Gasteiger charge is 2.17. The second kappa shape index (κ2) is 7.77. The van der Waals surface area contributed by atoms with Gasteiger partial charge in [-0.15, -0.1) is 24.8 Å². The smallest absolute Gasteiger partial charge is 0.0317 e. The number of nitrogens with one attached hydrogen (secondary N) is 1. The summed E-state index contributed by atoms with van der Waals surface area (Å²) >= 11 is 0. The van der Waals surface area contributed by atoms with Crippen molar-refractivity contribution in [1.82, 2.24) is 10.2 Å². The van der Waals surface area contributed by atoms with Gasteiger partial charge in [-0.05, 0) is 24.6 Å². The van der Waals surface area contributed by atoms with E-state index in [1.807, 2.05) is 12.1 Å². The van der Waals surface area contributed by atoms with E-state index in [4.69, 9.17) is 5.73 Å². The van der Waals surface area contributed by atoms with Crippen molar-refractivity contribution in [2.24, 2.45) is 0 Å². The highest BCUT2D eigenvalue weighted by atomic mass is 35.5. The molecule has 1 saturated heterocycles. The lowest BCUT2D eigenvalue weighted by molar-refractivity contribution is 0.165. The summed E-state index contributed by atoms with van der Waals surface area (Å²) in [5.41, 5.74) is 7.93. The standard InChI is InChI=1S/C12H19N3.2ClH/c1-10-8-14-5-6-15(10)9-11-3-2-4-12(13)7-11;;/h2-4,7,10,14H,5-6,8-9,13H2,1H3;2*1H. The molecule has 98 valence electrons. The molecule has 0 bridgehead atoms. The Bertz CT molecular complexity index is 333. The van der Waals surface area contributed by atoms with Crippen molar-refractivity contribution in [3.05, 3.63) is 29.8 Å². The number of hydrogen-bond donors (Lipinski definition) is 2. The van der Waals surface area contributed by atoms with Gasteiger partial charge in [-0.1, -0.05) is 12.1 Å². The zero-order valence-corrected chi connectivity index (χ0v) is 11.7. The monoisotopic (exact) mass is 277 g/mol. The first-order valence-corrected chi connectivity index (χ1v) is 5.55. The van der Waals surface area contributed by atoms with Crippen LogP contribution in [0.25, 0.3) is 0 Å². The molecule has 1 aliphatic rings. The molecule has 0 aliphatic carbocycles. The molecule has 1 aromatic rings. The Morgan fingerprint density at radius 1 is 1.41 bits per heavy atom. The largest absolute Gasteiger partial charge is 0.399 e. The molecule has 0 amide bonds. The maximum absolute atomic E-state index is 5.77. The molecule has 3 nitrogen and oxygen atoms in total. The van der Waals surface area contributed by atoms with Crippen LogP contribution < -0.4 is 11.1 Å². The zero-order chi connectivity index (χ0) is 10.7. The van der Waals surface area contributed by atoms with Crippen LogP contribution in [0.2, 0.25) is 0 Å². The summed E-state index contributed by atoms with van der Waals surface area (Å²) in [7, 11) is 0. The van der Waals surface area contributed by atoms with E-state index in [0.29, 0.717) is 6.04 Å². The molecule has 5 heteroatoms. The molecular formula is C12H21Cl2N3. The zero-order valence-electron chi connectivity index (χ0n) is 10.1. The van der Waals surface area contributed by atoms with E-state index in [-0.39, 0.29) is 24.8 Å². The van der Waals surface area contributed by atoms with E-state index < -0.39 is 0 Å². The van der Waals surface area contributed by atoms with Gasteiger partial charge in [-0.3, -0.25) is 4.90 Å². The molecule has 1 fully saturated rings. The lowest BCUT2D eigenvalue weighted by Crippen LogP contribution is -2.49. The molecule has 1 aliphatic heterocycles. The average Bonchev–Trinajstić information content (AvgIpc) is 2.22. The van der Waals surface area contributed by atoms with Crippen molar-refractivity contribution in [2.45, 2.75) is 19.5 Å². The van der Waals surface area contributed by atoms with Crippen molar-refractivity contribution in [1.29, 1.82) is 0 Å². The number of nitrogens with two attached hydrogens (primary N) is 1. The summed E-state index contributed by atoms with van der Waals surface area (Å²) in [6, 6.07) is 8.78. The van der Waals surface area contributed by atoms with Crippen LogP contribution >= 0.6 is 24.8 Å². The molecule has 1 atom stereocenters. The summed E-state index contributed by atoms with van der Waals surface area (Å²) in [4.78, 5) is 2.49. The topological polar surface area (TPSA) is 41.3 Å². The van der Waals surface area contributed by atoms with Crippen LogP contribution in [0.3, 0.4) is 0 Å². The molecule has 0 radical (unpaired) electrons. The summed E-state index contributed by atoms with van der Waals surface area (Å²) < 4.78 is 0. The van der Waals surface area contributed by atoms with Crippen molar-refractivity contribution < 1.29 is 0 Å². The Hall–Kier alpha value is -0.480.